The summed E-state index contributed by atoms with van der Waals surface area (Å²) >= 11 is 0. The number of H-pyrrole nitrogens is 1. The highest BCUT2D eigenvalue weighted by atomic mass is 35.5. The molecule has 3 heterocycles. The Hall–Kier alpha value is -2.90. The van der Waals surface area contributed by atoms with Gasteiger partial charge < -0.3 is 20.5 Å². The van der Waals surface area contributed by atoms with Gasteiger partial charge in [-0.2, -0.15) is 0 Å². The number of carbonyl (C=O) groups is 1. The molecule has 2 aromatic heterocycles. The van der Waals surface area contributed by atoms with E-state index in [4.69, 9.17) is 0 Å². The van der Waals surface area contributed by atoms with Crippen molar-refractivity contribution in [3.63, 3.8) is 0 Å². The largest absolute Gasteiger partial charge is 0.359 e. The number of nitrogens with one attached hydrogen (secondary N) is 3. The summed E-state index contributed by atoms with van der Waals surface area (Å²) in [5.41, 5.74) is 2.82. The van der Waals surface area contributed by atoms with E-state index in [9.17, 15) is 9.59 Å². The number of pyridine rings is 2. The van der Waals surface area contributed by atoms with Gasteiger partial charge in [-0.15, -0.1) is 12.4 Å². The van der Waals surface area contributed by atoms with Gasteiger partial charge in [0.05, 0.1) is 5.52 Å². The van der Waals surface area contributed by atoms with Crippen LogP contribution in [0.5, 0.6) is 0 Å². The van der Waals surface area contributed by atoms with E-state index in [1.165, 1.54) is 11.8 Å². The first-order chi connectivity index (χ1) is 14.6. The van der Waals surface area contributed by atoms with E-state index in [2.05, 4.69) is 32.4 Å². The monoisotopic (exact) mass is 441 g/mol. The van der Waals surface area contributed by atoms with Crippen LogP contribution in [0, 0.1) is 0 Å². The minimum atomic E-state index is -0.404. The number of anilines is 1. The number of rotatable bonds is 6. The predicted octanol–water partition coefficient (Wildman–Crippen LogP) is 3.16. The first-order valence-electron chi connectivity index (χ1n) is 10.4. The molecule has 3 N–H and O–H groups in total. The van der Waals surface area contributed by atoms with E-state index in [-0.39, 0.29) is 29.4 Å². The highest BCUT2D eigenvalue weighted by Crippen LogP contribution is 2.19. The summed E-state index contributed by atoms with van der Waals surface area (Å²) in [6.45, 7) is 4.34. The Morgan fingerprint density at radius 2 is 1.87 bits per heavy atom. The van der Waals surface area contributed by atoms with Gasteiger partial charge in [-0.05, 0) is 50.1 Å². The molecular formula is C23H28ClN5O2. The van der Waals surface area contributed by atoms with E-state index >= 15 is 0 Å². The van der Waals surface area contributed by atoms with Crippen molar-refractivity contribution in [1.29, 1.82) is 0 Å². The van der Waals surface area contributed by atoms with Gasteiger partial charge in [-0.25, -0.2) is 4.98 Å². The quantitative estimate of drug-likeness (QED) is 0.546. The molecule has 1 atom stereocenters. The lowest BCUT2D eigenvalue weighted by Gasteiger charge is -2.16. The zero-order chi connectivity index (χ0) is 21.1. The summed E-state index contributed by atoms with van der Waals surface area (Å²) in [5, 5.41) is 6.04. The smallest absolute Gasteiger partial charge is 0.257 e. The van der Waals surface area contributed by atoms with Gasteiger partial charge in [0.1, 0.15) is 16.9 Å². The van der Waals surface area contributed by atoms with E-state index < -0.39 is 5.91 Å². The SMILES string of the molecule is CNC(C)c1ccc(CNC(=O)c2c[nH]c3ccc(N4CCCC4)nc3c2=O)cc1.Cl. The Labute approximate surface area is 187 Å². The fourth-order valence-electron chi connectivity index (χ4n) is 3.74. The van der Waals surface area contributed by atoms with Crippen LogP contribution < -0.4 is 21.0 Å². The van der Waals surface area contributed by atoms with Crippen molar-refractivity contribution < 1.29 is 4.79 Å². The number of hydrogen-bond donors (Lipinski definition) is 3. The highest BCUT2D eigenvalue weighted by molar-refractivity contribution is 5.96. The first-order valence-corrected chi connectivity index (χ1v) is 10.4. The molecule has 164 valence electrons. The van der Waals surface area contributed by atoms with Gasteiger partial charge in [0.15, 0.2) is 0 Å². The van der Waals surface area contributed by atoms with Crippen molar-refractivity contribution in [2.45, 2.75) is 32.4 Å². The number of aromatic amines is 1. The summed E-state index contributed by atoms with van der Waals surface area (Å²) in [4.78, 5) is 35.4. The van der Waals surface area contributed by atoms with Gasteiger partial charge in [0.25, 0.3) is 5.91 Å². The van der Waals surface area contributed by atoms with Crippen molar-refractivity contribution in [1.82, 2.24) is 20.6 Å². The van der Waals surface area contributed by atoms with Crippen LogP contribution in [0.3, 0.4) is 0 Å². The predicted molar refractivity (Wildman–Crippen MR) is 126 cm³/mol. The second kappa shape index (κ2) is 9.94. The summed E-state index contributed by atoms with van der Waals surface area (Å²) in [6.07, 6.45) is 3.73. The van der Waals surface area contributed by atoms with Crippen molar-refractivity contribution >= 4 is 35.2 Å². The van der Waals surface area contributed by atoms with Crippen molar-refractivity contribution in [2.75, 3.05) is 25.0 Å². The van der Waals surface area contributed by atoms with Crippen LogP contribution in [-0.2, 0) is 6.54 Å². The number of nitrogens with zero attached hydrogens (tertiary/aromatic N) is 2. The second-order valence-corrected chi connectivity index (χ2v) is 7.73. The Balaban J connectivity index is 0.00000272. The third-order valence-electron chi connectivity index (χ3n) is 5.75. The Kier molecular flexibility index (Phi) is 7.30. The lowest BCUT2D eigenvalue weighted by molar-refractivity contribution is 0.0949. The molecule has 31 heavy (non-hydrogen) atoms. The molecule has 4 rings (SSSR count). The Bertz CT molecular complexity index is 1110. The molecule has 1 unspecified atom stereocenters. The van der Waals surface area contributed by atoms with Crippen LogP contribution >= 0.6 is 12.4 Å². The standard InChI is InChI=1S/C23H27N5O2.ClH/c1-15(24-2)17-7-5-16(6-8-17)13-26-23(30)18-14-25-19-9-10-20(27-21(19)22(18)29)28-11-3-4-12-28;/h5-10,14-15,24H,3-4,11-13H2,1-2H3,(H,25,29)(H,26,30);1H. The molecule has 1 saturated heterocycles. The van der Waals surface area contributed by atoms with Crippen LogP contribution in [0.15, 0.2) is 47.4 Å². The first kappa shape index (κ1) is 22.8. The Morgan fingerprint density at radius 3 is 2.55 bits per heavy atom. The molecular weight excluding hydrogens is 414 g/mol. The molecule has 3 aromatic rings. The number of aromatic nitrogens is 2. The zero-order valence-corrected chi connectivity index (χ0v) is 18.6. The number of amides is 1. The molecule has 0 bridgehead atoms. The summed E-state index contributed by atoms with van der Waals surface area (Å²) in [7, 11) is 1.92. The summed E-state index contributed by atoms with van der Waals surface area (Å²) < 4.78 is 0. The van der Waals surface area contributed by atoms with Crippen LogP contribution in [0.4, 0.5) is 5.82 Å². The van der Waals surface area contributed by atoms with E-state index in [0.29, 0.717) is 17.6 Å². The lowest BCUT2D eigenvalue weighted by Crippen LogP contribution is -2.29. The molecule has 0 aliphatic carbocycles. The zero-order valence-electron chi connectivity index (χ0n) is 17.8. The maximum atomic E-state index is 12.9. The van der Waals surface area contributed by atoms with E-state index in [0.717, 1.165) is 37.3 Å². The normalized spacial score (nSPS) is 14.3. The number of carbonyl (C=O) groups excluding carboxylic acids is 1. The number of benzene rings is 1. The molecule has 0 radical (unpaired) electrons. The highest BCUT2D eigenvalue weighted by Gasteiger charge is 2.17. The molecule has 7 nitrogen and oxygen atoms in total. The van der Waals surface area contributed by atoms with E-state index in [1.807, 2.05) is 43.4 Å². The average molecular weight is 442 g/mol. The average Bonchev–Trinajstić information content (AvgIpc) is 3.32. The van der Waals surface area contributed by atoms with Gasteiger partial charge in [-0.3, -0.25) is 9.59 Å². The van der Waals surface area contributed by atoms with Crippen molar-refractivity contribution in [3.05, 3.63) is 69.5 Å². The van der Waals surface area contributed by atoms with Crippen LogP contribution in [0.25, 0.3) is 11.0 Å². The lowest BCUT2D eigenvalue weighted by atomic mass is 10.1. The molecule has 0 saturated carbocycles. The van der Waals surface area contributed by atoms with Crippen LogP contribution in [-0.4, -0.2) is 36.0 Å². The Morgan fingerprint density at radius 1 is 1.16 bits per heavy atom. The number of halogens is 1. The molecule has 1 amide bonds. The minimum Gasteiger partial charge on any atom is -0.359 e. The third-order valence-corrected chi connectivity index (χ3v) is 5.75. The molecule has 1 aliphatic rings. The van der Waals surface area contributed by atoms with Crippen molar-refractivity contribution in [3.8, 4) is 0 Å². The summed E-state index contributed by atoms with van der Waals surface area (Å²) in [5.74, 6) is 0.387. The number of fused-ring (bicyclic) bond motifs is 1. The third kappa shape index (κ3) is 4.89. The molecule has 8 heteroatoms. The van der Waals surface area contributed by atoms with Crippen LogP contribution in [0.2, 0.25) is 0 Å². The fraction of sp³-hybridized carbons (Fsp3) is 0.348. The maximum absolute atomic E-state index is 12.9. The van der Waals surface area contributed by atoms with Crippen molar-refractivity contribution in [2.24, 2.45) is 0 Å². The second-order valence-electron chi connectivity index (χ2n) is 7.73. The molecule has 1 aliphatic heterocycles. The summed E-state index contributed by atoms with van der Waals surface area (Å²) in [6, 6.07) is 12.1. The minimum absolute atomic E-state index is 0. The van der Waals surface area contributed by atoms with Gasteiger partial charge in [0.2, 0.25) is 5.43 Å². The fourth-order valence-corrected chi connectivity index (χ4v) is 3.74. The van der Waals surface area contributed by atoms with Gasteiger partial charge in [0, 0.05) is 31.9 Å². The molecule has 1 fully saturated rings. The van der Waals surface area contributed by atoms with Gasteiger partial charge >= 0.3 is 0 Å². The van der Waals surface area contributed by atoms with Gasteiger partial charge in [-0.1, -0.05) is 24.3 Å². The van der Waals surface area contributed by atoms with Crippen LogP contribution in [0.1, 0.15) is 47.3 Å². The number of hydrogen-bond acceptors (Lipinski definition) is 5. The maximum Gasteiger partial charge on any atom is 0.257 e. The molecule has 0 spiro atoms. The van der Waals surface area contributed by atoms with E-state index in [1.54, 1.807) is 0 Å². The molecule has 1 aromatic carbocycles. The topological polar surface area (TPSA) is 90.1 Å².